The summed E-state index contributed by atoms with van der Waals surface area (Å²) in [6, 6.07) is 0. The van der Waals surface area contributed by atoms with Gasteiger partial charge in [0, 0.05) is 0 Å². The molecular formula is C12H23ClGa. The predicted octanol–water partition coefficient (Wildman–Crippen LogP) is 4.62. The standard InChI is InChI=1S/2C6H11.ClH.Ga/c2*1-2-4-6-5-3-1;;/h2*1H,2-6H2;1H;. The summed E-state index contributed by atoms with van der Waals surface area (Å²) < 4.78 is 2.56. The van der Waals surface area contributed by atoms with Crippen LogP contribution in [0.15, 0.2) is 0 Å². The first-order valence-corrected chi connectivity index (χ1v) is 9.10. The van der Waals surface area contributed by atoms with Crippen LogP contribution in [0.4, 0.5) is 0 Å². The van der Waals surface area contributed by atoms with Crippen molar-refractivity contribution in [2.45, 2.75) is 73.2 Å². The first-order valence-electron chi connectivity index (χ1n) is 6.30. The Kier molecular flexibility index (Phi) is 6.72. The molecule has 0 nitrogen and oxygen atoms in total. The molecule has 0 spiro atoms. The van der Waals surface area contributed by atoms with Gasteiger partial charge in [0.05, 0.1) is 0 Å². The maximum absolute atomic E-state index is 1.62. The van der Waals surface area contributed by atoms with Crippen LogP contribution in [0.2, 0.25) is 8.94 Å². The van der Waals surface area contributed by atoms with Crippen molar-refractivity contribution in [3.8, 4) is 0 Å². The molecule has 2 aliphatic carbocycles. The van der Waals surface area contributed by atoms with Crippen molar-refractivity contribution in [3.05, 3.63) is 0 Å². The first kappa shape index (κ1) is 13.0. The van der Waals surface area contributed by atoms with E-state index in [0.717, 1.165) is 0 Å². The number of rotatable bonds is 2. The van der Waals surface area contributed by atoms with E-state index in [1.54, 1.807) is 64.2 Å². The van der Waals surface area contributed by atoms with Gasteiger partial charge in [-0.05, 0) is 0 Å². The molecule has 2 fully saturated rings. The second-order valence-corrected chi connectivity index (χ2v) is 9.75. The Balaban J connectivity index is 0.000000980. The van der Waals surface area contributed by atoms with Gasteiger partial charge >= 0.3 is 90.6 Å². The monoisotopic (exact) mass is 271 g/mol. The Morgan fingerprint density at radius 3 is 1.29 bits per heavy atom. The molecule has 2 heteroatoms. The number of hydrogen-bond donors (Lipinski definition) is 0. The Morgan fingerprint density at radius 2 is 0.929 bits per heavy atom. The van der Waals surface area contributed by atoms with E-state index < -0.39 is 0 Å². The molecule has 0 saturated heterocycles. The average Bonchev–Trinajstić information content (AvgIpc) is 2.21. The fraction of sp³-hybridized carbons (Fsp3) is 1.00. The smallest absolute Gasteiger partial charge is 0.147 e. The molecule has 0 unspecified atom stereocenters. The summed E-state index contributed by atoms with van der Waals surface area (Å²) in [6.45, 7) is 0. The van der Waals surface area contributed by atoms with Gasteiger partial charge in [-0.25, -0.2) is 0 Å². The van der Waals surface area contributed by atoms with Crippen molar-refractivity contribution in [2.75, 3.05) is 0 Å². The summed E-state index contributed by atoms with van der Waals surface area (Å²) in [7, 11) is 0. The van der Waals surface area contributed by atoms with Gasteiger partial charge < -0.3 is 0 Å². The van der Waals surface area contributed by atoms with Gasteiger partial charge in [-0.15, -0.1) is 12.4 Å². The van der Waals surface area contributed by atoms with Gasteiger partial charge in [0.1, 0.15) is 0 Å². The number of halogens is 1. The molecular weight excluding hydrogens is 249 g/mol. The van der Waals surface area contributed by atoms with Gasteiger partial charge in [0.15, 0.2) is 0 Å². The van der Waals surface area contributed by atoms with Crippen LogP contribution in [0, 0.1) is 0 Å². The second kappa shape index (κ2) is 7.24. The van der Waals surface area contributed by atoms with Crippen LogP contribution in [0.5, 0.6) is 0 Å². The predicted molar refractivity (Wildman–Crippen MR) is 66.7 cm³/mol. The summed E-state index contributed by atoms with van der Waals surface area (Å²) in [5.74, 6) is 0. The zero-order valence-corrected chi connectivity index (χ0v) is 12.5. The Hall–Kier alpha value is 0.926. The largest absolute Gasteiger partial charge is 0.147 e. The van der Waals surface area contributed by atoms with E-state index in [1.807, 2.05) is 0 Å². The van der Waals surface area contributed by atoms with E-state index in [9.17, 15) is 0 Å². The SMILES string of the molecule is C1CC[CH]([Ga][CH]2CCCCC2)CC1.Cl. The normalized spacial score (nSPS) is 25.4. The van der Waals surface area contributed by atoms with Crippen LogP contribution >= 0.6 is 12.4 Å². The van der Waals surface area contributed by atoms with Crippen molar-refractivity contribution in [2.24, 2.45) is 0 Å². The van der Waals surface area contributed by atoms with Crippen LogP contribution in [0.25, 0.3) is 0 Å². The van der Waals surface area contributed by atoms with Crippen molar-refractivity contribution in [3.63, 3.8) is 0 Å². The van der Waals surface area contributed by atoms with Crippen LogP contribution < -0.4 is 0 Å². The first-order chi connectivity index (χ1) is 6.45. The molecule has 2 saturated carbocycles. The summed E-state index contributed by atoms with van der Waals surface area (Å²) in [5.41, 5.74) is 0. The molecule has 81 valence electrons. The van der Waals surface area contributed by atoms with E-state index in [0.29, 0.717) is 0 Å². The second-order valence-electron chi connectivity index (χ2n) is 4.99. The zero-order valence-electron chi connectivity index (χ0n) is 9.21. The van der Waals surface area contributed by atoms with E-state index in [1.165, 1.54) is 8.94 Å². The molecule has 0 aromatic rings. The van der Waals surface area contributed by atoms with Gasteiger partial charge in [-0.1, -0.05) is 0 Å². The van der Waals surface area contributed by atoms with Gasteiger partial charge in [0.25, 0.3) is 0 Å². The summed E-state index contributed by atoms with van der Waals surface area (Å²) in [5, 5.41) is 0. The van der Waals surface area contributed by atoms with Gasteiger partial charge in [0.2, 0.25) is 0 Å². The zero-order chi connectivity index (χ0) is 8.93. The van der Waals surface area contributed by atoms with Crippen LogP contribution in [0.3, 0.4) is 0 Å². The summed E-state index contributed by atoms with van der Waals surface area (Å²) >= 11 is 0.162. The van der Waals surface area contributed by atoms with Gasteiger partial charge in [-0.3, -0.25) is 0 Å². The molecule has 0 N–H and O–H groups in total. The van der Waals surface area contributed by atoms with Crippen molar-refractivity contribution in [1.29, 1.82) is 0 Å². The molecule has 1 radical (unpaired) electrons. The van der Waals surface area contributed by atoms with Crippen molar-refractivity contribution in [1.82, 2.24) is 0 Å². The molecule has 2 aliphatic rings. The van der Waals surface area contributed by atoms with E-state index in [-0.39, 0.29) is 29.8 Å². The van der Waals surface area contributed by atoms with E-state index in [2.05, 4.69) is 0 Å². The fourth-order valence-electron chi connectivity index (χ4n) is 3.04. The molecule has 0 amide bonds. The molecule has 14 heavy (non-hydrogen) atoms. The van der Waals surface area contributed by atoms with Gasteiger partial charge in [-0.2, -0.15) is 0 Å². The molecule has 2 rings (SSSR count). The minimum Gasteiger partial charge on any atom is -0.147 e. The summed E-state index contributed by atoms with van der Waals surface area (Å²) in [6.07, 6.45) is 15.8. The summed E-state index contributed by atoms with van der Waals surface area (Å²) in [4.78, 5) is 0. The topological polar surface area (TPSA) is 0 Å². The number of hydrogen-bond acceptors (Lipinski definition) is 0. The molecule has 0 atom stereocenters. The van der Waals surface area contributed by atoms with Crippen molar-refractivity contribution < 1.29 is 0 Å². The minimum absolute atomic E-state index is 0. The third-order valence-corrected chi connectivity index (χ3v) is 8.93. The maximum Gasteiger partial charge on any atom is -0.147 e. The third-order valence-electron chi connectivity index (χ3n) is 3.84. The average molecular weight is 272 g/mol. The quantitative estimate of drug-likeness (QED) is 0.644. The third kappa shape index (κ3) is 4.20. The molecule has 0 aromatic heterocycles. The van der Waals surface area contributed by atoms with Crippen LogP contribution in [-0.2, 0) is 0 Å². The van der Waals surface area contributed by atoms with Crippen LogP contribution in [0.1, 0.15) is 64.2 Å². The van der Waals surface area contributed by atoms with E-state index in [4.69, 9.17) is 0 Å². The van der Waals surface area contributed by atoms with E-state index >= 15 is 0 Å². The van der Waals surface area contributed by atoms with Crippen molar-refractivity contribution >= 4 is 29.8 Å². The Labute approximate surface area is 103 Å². The molecule has 0 bridgehead atoms. The Bertz CT molecular complexity index is 121. The van der Waals surface area contributed by atoms with Crippen LogP contribution in [-0.4, -0.2) is 17.4 Å². The molecule has 0 heterocycles. The fourth-order valence-corrected chi connectivity index (χ4v) is 8.25. The molecule has 0 aliphatic heterocycles. The molecule has 0 aromatic carbocycles. The minimum atomic E-state index is 0. The Morgan fingerprint density at radius 1 is 0.571 bits per heavy atom. The maximum atomic E-state index is 1.62.